The topological polar surface area (TPSA) is 46.2 Å². The summed E-state index contributed by atoms with van der Waals surface area (Å²) in [6.07, 6.45) is 0. The molecule has 2 aromatic rings. The van der Waals surface area contributed by atoms with Crippen LogP contribution >= 0.6 is 34.8 Å². The van der Waals surface area contributed by atoms with Crippen molar-refractivity contribution in [2.45, 2.75) is 4.90 Å². The van der Waals surface area contributed by atoms with Crippen molar-refractivity contribution in [1.29, 1.82) is 0 Å². The summed E-state index contributed by atoms with van der Waals surface area (Å²) in [5, 5.41) is 1.03. The zero-order valence-corrected chi connectivity index (χ0v) is 12.5. The fraction of sp³-hybridized carbons (Fsp3) is 0. The molecule has 19 heavy (non-hydrogen) atoms. The Morgan fingerprint density at radius 2 is 1.47 bits per heavy atom. The lowest BCUT2D eigenvalue weighted by Crippen LogP contribution is -2.12. The van der Waals surface area contributed by atoms with Gasteiger partial charge in [-0.2, -0.15) is 0 Å². The van der Waals surface area contributed by atoms with Gasteiger partial charge in [0.1, 0.15) is 0 Å². The first kappa shape index (κ1) is 14.5. The predicted octanol–water partition coefficient (Wildman–Crippen LogP) is 4.45. The van der Waals surface area contributed by atoms with E-state index in [9.17, 15) is 8.42 Å². The van der Waals surface area contributed by atoms with Crippen LogP contribution in [0.4, 0.5) is 5.69 Å². The number of benzene rings is 2. The highest BCUT2D eigenvalue weighted by atomic mass is 35.5. The molecular weight excluding hydrogens is 329 g/mol. The Morgan fingerprint density at radius 3 is 2.05 bits per heavy atom. The fourth-order valence-corrected chi connectivity index (χ4v) is 3.33. The molecule has 0 unspecified atom stereocenters. The molecule has 3 nitrogen and oxygen atoms in total. The van der Waals surface area contributed by atoms with Crippen molar-refractivity contribution >= 4 is 50.5 Å². The number of nitrogens with one attached hydrogen (secondary N) is 1. The van der Waals surface area contributed by atoms with Crippen LogP contribution in [-0.4, -0.2) is 8.42 Å². The average molecular weight is 337 g/mol. The summed E-state index contributed by atoms with van der Waals surface area (Å²) in [7, 11) is -3.72. The van der Waals surface area contributed by atoms with Gasteiger partial charge in [-0.3, -0.25) is 4.72 Å². The predicted molar refractivity (Wildman–Crippen MR) is 78.7 cm³/mol. The lowest BCUT2D eigenvalue weighted by Gasteiger charge is -2.09. The Bertz CT molecular complexity index is 696. The Morgan fingerprint density at radius 1 is 0.842 bits per heavy atom. The van der Waals surface area contributed by atoms with E-state index < -0.39 is 10.0 Å². The van der Waals surface area contributed by atoms with Crippen LogP contribution in [0.15, 0.2) is 47.4 Å². The van der Waals surface area contributed by atoms with E-state index in [0.717, 1.165) is 0 Å². The molecule has 0 heterocycles. The summed E-state index contributed by atoms with van der Waals surface area (Å²) in [5.41, 5.74) is 0.289. The van der Waals surface area contributed by atoms with Crippen LogP contribution in [-0.2, 0) is 10.0 Å². The largest absolute Gasteiger partial charge is 0.280 e. The maximum atomic E-state index is 12.1. The van der Waals surface area contributed by atoms with E-state index in [1.165, 1.54) is 30.3 Å². The molecule has 0 radical (unpaired) electrons. The molecule has 0 saturated heterocycles. The third-order valence-electron chi connectivity index (χ3n) is 2.22. The SMILES string of the molecule is O=S(=O)(Nc1cc(Cl)cc(Cl)c1)c1cccc(Cl)c1. The smallest absolute Gasteiger partial charge is 0.261 e. The van der Waals surface area contributed by atoms with Gasteiger partial charge in [-0.05, 0) is 36.4 Å². The first-order valence-corrected chi connectivity index (χ1v) is 7.73. The van der Waals surface area contributed by atoms with Gasteiger partial charge in [-0.1, -0.05) is 40.9 Å². The summed E-state index contributed by atoms with van der Waals surface area (Å²) in [6.45, 7) is 0. The van der Waals surface area contributed by atoms with Gasteiger partial charge >= 0.3 is 0 Å². The van der Waals surface area contributed by atoms with Crippen LogP contribution in [0.2, 0.25) is 15.1 Å². The number of hydrogen-bond acceptors (Lipinski definition) is 2. The highest BCUT2D eigenvalue weighted by Gasteiger charge is 2.14. The van der Waals surface area contributed by atoms with Crippen molar-refractivity contribution < 1.29 is 8.42 Å². The van der Waals surface area contributed by atoms with Crippen molar-refractivity contribution in [3.63, 3.8) is 0 Å². The second kappa shape index (κ2) is 5.59. The van der Waals surface area contributed by atoms with Gasteiger partial charge in [-0.25, -0.2) is 8.42 Å². The van der Waals surface area contributed by atoms with Crippen LogP contribution < -0.4 is 4.72 Å². The monoisotopic (exact) mass is 335 g/mol. The van der Waals surface area contributed by atoms with Crippen molar-refractivity contribution in [2.24, 2.45) is 0 Å². The molecule has 2 aromatic carbocycles. The van der Waals surface area contributed by atoms with E-state index in [1.807, 2.05) is 0 Å². The maximum Gasteiger partial charge on any atom is 0.261 e. The Hall–Kier alpha value is -0.940. The number of hydrogen-bond donors (Lipinski definition) is 1. The van der Waals surface area contributed by atoms with Gasteiger partial charge < -0.3 is 0 Å². The second-order valence-corrected chi connectivity index (χ2v) is 6.71. The van der Waals surface area contributed by atoms with Crippen molar-refractivity contribution in [3.05, 3.63) is 57.5 Å². The molecule has 0 fully saturated rings. The number of halogens is 3. The minimum absolute atomic E-state index is 0.0658. The molecular formula is C12H8Cl3NO2S. The maximum absolute atomic E-state index is 12.1. The van der Waals surface area contributed by atoms with Crippen LogP contribution in [0.5, 0.6) is 0 Å². The average Bonchev–Trinajstić information content (AvgIpc) is 2.26. The van der Waals surface area contributed by atoms with E-state index in [4.69, 9.17) is 34.8 Å². The van der Waals surface area contributed by atoms with Gasteiger partial charge in [0.05, 0.1) is 10.6 Å². The molecule has 0 spiro atoms. The summed E-state index contributed by atoms with van der Waals surface area (Å²) in [6, 6.07) is 10.4. The second-order valence-electron chi connectivity index (χ2n) is 3.72. The lowest BCUT2D eigenvalue weighted by atomic mass is 10.3. The first-order valence-electron chi connectivity index (χ1n) is 5.11. The molecule has 0 aliphatic heterocycles. The summed E-state index contributed by atoms with van der Waals surface area (Å²) in [5.74, 6) is 0. The van der Waals surface area contributed by atoms with Crippen molar-refractivity contribution in [3.8, 4) is 0 Å². The van der Waals surface area contributed by atoms with Crippen molar-refractivity contribution in [1.82, 2.24) is 0 Å². The third-order valence-corrected chi connectivity index (χ3v) is 4.27. The van der Waals surface area contributed by atoms with Gasteiger partial charge in [0, 0.05) is 15.1 Å². The summed E-state index contributed by atoms with van der Waals surface area (Å²) in [4.78, 5) is 0.0658. The number of rotatable bonds is 3. The molecule has 1 N–H and O–H groups in total. The van der Waals surface area contributed by atoms with Crippen LogP contribution in [0.3, 0.4) is 0 Å². The third kappa shape index (κ3) is 3.76. The molecule has 100 valence electrons. The zero-order valence-electron chi connectivity index (χ0n) is 9.40. The van der Waals surface area contributed by atoms with Crippen molar-refractivity contribution in [2.75, 3.05) is 4.72 Å². The van der Waals surface area contributed by atoms with E-state index in [1.54, 1.807) is 12.1 Å². The van der Waals surface area contributed by atoms with Crippen LogP contribution in [0, 0.1) is 0 Å². The van der Waals surface area contributed by atoms with Gasteiger partial charge in [0.15, 0.2) is 0 Å². The molecule has 0 saturated carbocycles. The van der Waals surface area contributed by atoms with E-state index in [2.05, 4.69) is 4.72 Å². The van der Waals surface area contributed by atoms with Crippen LogP contribution in [0.25, 0.3) is 0 Å². The Labute approximate surface area is 126 Å². The van der Waals surface area contributed by atoms with E-state index >= 15 is 0 Å². The molecule has 7 heteroatoms. The minimum Gasteiger partial charge on any atom is -0.280 e. The molecule has 0 amide bonds. The standard InChI is InChI=1S/C12H8Cl3NO2S/c13-8-2-1-3-12(7-8)19(17,18)16-11-5-9(14)4-10(15)6-11/h1-7,16H. The number of sulfonamides is 1. The Kier molecular flexibility index (Phi) is 4.26. The highest BCUT2D eigenvalue weighted by Crippen LogP contribution is 2.25. The lowest BCUT2D eigenvalue weighted by molar-refractivity contribution is 0.601. The highest BCUT2D eigenvalue weighted by molar-refractivity contribution is 7.92. The number of anilines is 1. The van der Waals surface area contributed by atoms with Gasteiger partial charge in [0.25, 0.3) is 10.0 Å². The van der Waals surface area contributed by atoms with E-state index in [-0.39, 0.29) is 10.6 Å². The molecule has 0 aliphatic rings. The van der Waals surface area contributed by atoms with E-state index in [0.29, 0.717) is 15.1 Å². The quantitative estimate of drug-likeness (QED) is 0.900. The normalized spacial score (nSPS) is 11.3. The summed E-state index contributed by atoms with van der Waals surface area (Å²) >= 11 is 17.4. The molecule has 0 atom stereocenters. The van der Waals surface area contributed by atoms with Gasteiger partial charge in [-0.15, -0.1) is 0 Å². The molecule has 0 aliphatic carbocycles. The molecule has 2 rings (SSSR count). The zero-order chi connectivity index (χ0) is 14.0. The molecule has 0 bridgehead atoms. The summed E-state index contributed by atoms with van der Waals surface area (Å²) < 4.78 is 26.6. The minimum atomic E-state index is -3.72. The molecule has 0 aromatic heterocycles. The van der Waals surface area contributed by atoms with Crippen LogP contribution in [0.1, 0.15) is 0 Å². The Balaban J connectivity index is 2.36. The first-order chi connectivity index (χ1) is 8.87. The van der Waals surface area contributed by atoms with Gasteiger partial charge in [0.2, 0.25) is 0 Å². The fourth-order valence-electron chi connectivity index (χ4n) is 1.46.